The average Bonchev–Trinajstić information content (AvgIpc) is 3.11. The molecule has 2 heterocycles. The Labute approximate surface area is 208 Å². The number of imide groups is 1. The topological polar surface area (TPSA) is 129 Å². The first kappa shape index (κ1) is 25.6. The zero-order valence-electron chi connectivity index (χ0n) is 18.8. The van der Waals surface area contributed by atoms with Gasteiger partial charge in [-0.15, -0.1) is 0 Å². The molecule has 14 heteroatoms. The molecule has 0 bridgehead atoms. The number of aromatic nitrogens is 1. The number of urea groups is 2. The molecule has 0 saturated carbocycles. The van der Waals surface area contributed by atoms with Gasteiger partial charge >= 0.3 is 17.6 Å². The zero-order valence-corrected chi connectivity index (χ0v) is 19.6. The van der Waals surface area contributed by atoms with E-state index in [0.29, 0.717) is 23.4 Å². The minimum atomic E-state index is -5.57. The Morgan fingerprint density at radius 3 is 2.30 bits per heavy atom. The fourth-order valence-electron chi connectivity index (χ4n) is 3.50. The molecule has 3 aromatic rings. The van der Waals surface area contributed by atoms with Gasteiger partial charge < -0.3 is 10.2 Å². The van der Waals surface area contributed by atoms with Crippen molar-refractivity contribution < 1.29 is 36.0 Å². The molecule has 5 amide bonds. The number of carbonyl (C=O) groups is 3. The van der Waals surface area contributed by atoms with E-state index in [1.807, 2.05) is 0 Å². The van der Waals surface area contributed by atoms with E-state index >= 15 is 0 Å². The Hall–Kier alpha value is -4.46. The summed E-state index contributed by atoms with van der Waals surface area (Å²) in [7, 11) is -5.57. The second-order valence-electron chi connectivity index (χ2n) is 7.81. The zero-order chi connectivity index (χ0) is 26.8. The number of rotatable bonds is 6. The fourth-order valence-corrected chi connectivity index (χ4v) is 4.26. The van der Waals surface area contributed by atoms with Gasteiger partial charge in [0.25, 0.3) is 15.7 Å². The van der Waals surface area contributed by atoms with E-state index in [9.17, 15) is 36.0 Å². The first-order valence-corrected chi connectivity index (χ1v) is 12.1. The maximum Gasteiger partial charge on any atom is 0.501 e. The molecule has 0 atom stereocenters. The molecule has 2 N–H and O–H groups in total. The van der Waals surface area contributed by atoms with Crippen molar-refractivity contribution in [3.05, 3.63) is 78.5 Å². The molecular weight excluding hydrogens is 515 g/mol. The van der Waals surface area contributed by atoms with Crippen molar-refractivity contribution in [3.63, 3.8) is 0 Å². The highest BCUT2D eigenvalue weighted by atomic mass is 32.2. The van der Waals surface area contributed by atoms with Crippen molar-refractivity contribution in [3.8, 4) is 0 Å². The van der Waals surface area contributed by atoms with Crippen LogP contribution in [0, 0.1) is 0 Å². The van der Waals surface area contributed by atoms with Crippen LogP contribution in [-0.4, -0.2) is 48.3 Å². The van der Waals surface area contributed by atoms with E-state index in [1.54, 1.807) is 36.4 Å². The van der Waals surface area contributed by atoms with Gasteiger partial charge in [-0.2, -0.15) is 13.2 Å². The van der Waals surface area contributed by atoms with Gasteiger partial charge in [0.1, 0.15) is 12.4 Å². The highest BCUT2D eigenvalue weighted by Gasteiger charge is 2.47. The number of halogens is 3. The van der Waals surface area contributed by atoms with Crippen LogP contribution in [0.2, 0.25) is 0 Å². The number of hydrogen-bond acceptors (Lipinski definition) is 6. The van der Waals surface area contributed by atoms with Crippen molar-refractivity contribution in [2.75, 3.05) is 22.1 Å². The largest absolute Gasteiger partial charge is 0.501 e. The molecule has 192 valence electrons. The quantitative estimate of drug-likeness (QED) is 0.461. The Morgan fingerprint density at radius 2 is 1.65 bits per heavy atom. The number of para-hydroxylation sites is 1. The van der Waals surface area contributed by atoms with Gasteiger partial charge in [-0.3, -0.25) is 10.1 Å². The summed E-state index contributed by atoms with van der Waals surface area (Å²) >= 11 is 0. The Bertz CT molecular complexity index is 1450. The number of sulfone groups is 1. The van der Waals surface area contributed by atoms with Crippen LogP contribution in [-0.2, 0) is 21.2 Å². The average molecular weight is 533 g/mol. The number of nitrogens with zero attached hydrogens (tertiary/aromatic N) is 3. The number of carbonyl (C=O) groups excluding carboxylic acids is 3. The van der Waals surface area contributed by atoms with E-state index < -0.39 is 38.2 Å². The van der Waals surface area contributed by atoms with E-state index in [0.717, 1.165) is 17.0 Å². The maximum atomic E-state index is 12.9. The molecule has 10 nitrogen and oxygen atoms in total. The highest BCUT2D eigenvalue weighted by molar-refractivity contribution is 7.92. The summed E-state index contributed by atoms with van der Waals surface area (Å²) in [6, 6.07) is 13.8. The van der Waals surface area contributed by atoms with Gasteiger partial charge in [0.05, 0.1) is 10.6 Å². The molecule has 0 radical (unpaired) electrons. The minimum absolute atomic E-state index is 0.0287. The van der Waals surface area contributed by atoms with Gasteiger partial charge in [0.15, 0.2) is 0 Å². The summed E-state index contributed by atoms with van der Waals surface area (Å²) in [5.41, 5.74) is -4.44. The molecule has 1 aromatic heterocycles. The third kappa shape index (κ3) is 5.53. The van der Waals surface area contributed by atoms with Crippen molar-refractivity contribution in [2.45, 2.75) is 16.9 Å². The molecule has 1 aliphatic rings. The lowest BCUT2D eigenvalue weighted by Gasteiger charge is -2.18. The summed E-state index contributed by atoms with van der Waals surface area (Å²) in [6.45, 7) is -0.347. The summed E-state index contributed by atoms with van der Waals surface area (Å²) in [5, 5.41) is 5.20. The lowest BCUT2D eigenvalue weighted by Crippen LogP contribution is -2.33. The minimum Gasteiger partial charge on any atom is -0.310 e. The van der Waals surface area contributed by atoms with Gasteiger partial charge in [-0.25, -0.2) is 27.9 Å². The van der Waals surface area contributed by atoms with Gasteiger partial charge in [0.2, 0.25) is 0 Å². The van der Waals surface area contributed by atoms with Crippen LogP contribution >= 0.6 is 0 Å². The third-order valence-electron chi connectivity index (χ3n) is 5.22. The number of hydrogen-bond donors (Lipinski definition) is 2. The van der Waals surface area contributed by atoms with Crippen molar-refractivity contribution in [1.29, 1.82) is 0 Å². The van der Waals surface area contributed by atoms with Crippen LogP contribution in [0.25, 0.3) is 0 Å². The van der Waals surface area contributed by atoms with Crippen LogP contribution in [0.3, 0.4) is 0 Å². The van der Waals surface area contributed by atoms with E-state index in [4.69, 9.17) is 0 Å². The van der Waals surface area contributed by atoms with Crippen molar-refractivity contribution in [1.82, 2.24) is 9.88 Å². The normalized spacial score (nSPS) is 14.1. The van der Waals surface area contributed by atoms with E-state index in [1.165, 1.54) is 17.2 Å². The lowest BCUT2D eigenvalue weighted by molar-refractivity contribution is -0.116. The van der Waals surface area contributed by atoms with Crippen LogP contribution in [0.15, 0.2) is 77.8 Å². The molecule has 1 saturated heterocycles. The molecule has 0 spiro atoms. The number of alkyl halides is 3. The molecule has 1 fully saturated rings. The van der Waals surface area contributed by atoms with Crippen LogP contribution < -0.4 is 15.5 Å². The lowest BCUT2D eigenvalue weighted by atomic mass is 10.2. The SMILES string of the molecule is O=C(Nc1ccccc1)Nc1cc(CN2CC(=O)N(c3ccc(S(=O)(=O)C(F)(F)F)cc3)C2=O)ccn1. The standard InChI is InChI=1S/C23H18F3N5O5S/c24-23(25,26)37(35,36)18-8-6-17(7-9-18)31-20(32)14-30(22(31)34)13-15-10-11-27-19(12-15)29-21(33)28-16-4-2-1-3-5-16/h1-12H,13-14H2,(H2,27,28,29,33). The summed E-state index contributed by atoms with van der Waals surface area (Å²) in [5.74, 6) is -0.451. The predicted octanol–water partition coefficient (Wildman–Crippen LogP) is 3.99. The van der Waals surface area contributed by atoms with E-state index in [2.05, 4.69) is 15.6 Å². The predicted molar refractivity (Wildman–Crippen MR) is 126 cm³/mol. The first-order chi connectivity index (χ1) is 17.5. The molecule has 0 aliphatic carbocycles. The second kappa shape index (κ2) is 9.89. The third-order valence-corrected chi connectivity index (χ3v) is 6.72. The molecule has 37 heavy (non-hydrogen) atoms. The second-order valence-corrected chi connectivity index (χ2v) is 9.75. The molecule has 0 unspecified atom stereocenters. The van der Waals surface area contributed by atoms with Crippen molar-refractivity contribution in [2.24, 2.45) is 0 Å². The smallest absolute Gasteiger partial charge is 0.310 e. The number of benzene rings is 2. The molecule has 2 aromatic carbocycles. The maximum absolute atomic E-state index is 12.9. The molecule has 4 rings (SSSR count). The highest BCUT2D eigenvalue weighted by Crippen LogP contribution is 2.32. The Balaban J connectivity index is 1.43. The van der Waals surface area contributed by atoms with Crippen LogP contribution in [0.1, 0.15) is 5.56 Å². The van der Waals surface area contributed by atoms with Gasteiger partial charge in [-0.05, 0) is 54.1 Å². The Morgan fingerprint density at radius 1 is 0.973 bits per heavy atom. The summed E-state index contributed by atoms with van der Waals surface area (Å²) in [4.78, 5) is 42.5. The molecule has 1 aliphatic heterocycles. The van der Waals surface area contributed by atoms with E-state index in [-0.39, 0.29) is 24.6 Å². The fraction of sp³-hybridized carbons (Fsp3) is 0.130. The number of pyridine rings is 1. The summed E-state index contributed by atoms with van der Waals surface area (Å²) in [6.07, 6.45) is 1.41. The van der Waals surface area contributed by atoms with Crippen molar-refractivity contribution >= 4 is 45.0 Å². The number of nitrogens with one attached hydrogen (secondary N) is 2. The van der Waals surface area contributed by atoms with Gasteiger partial charge in [0, 0.05) is 18.4 Å². The summed E-state index contributed by atoms with van der Waals surface area (Å²) < 4.78 is 61.3. The molecular formula is C23H18F3N5O5S. The number of anilines is 3. The van der Waals surface area contributed by atoms with Gasteiger partial charge in [-0.1, -0.05) is 18.2 Å². The van der Waals surface area contributed by atoms with Crippen LogP contribution in [0.4, 0.5) is 40.0 Å². The number of amides is 5. The Kier molecular flexibility index (Phi) is 6.85. The first-order valence-electron chi connectivity index (χ1n) is 10.6. The monoisotopic (exact) mass is 533 g/mol. The van der Waals surface area contributed by atoms with Crippen LogP contribution in [0.5, 0.6) is 0 Å².